The van der Waals surface area contributed by atoms with Gasteiger partial charge in [0.2, 0.25) is 5.91 Å². The summed E-state index contributed by atoms with van der Waals surface area (Å²) in [6.07, 6.45) is 7.79. The fourth-order valence-corrected chi connectivity index (χ4v) is 4.14. The van der Waals surface area contributed by atoms with Crippen LogP contribution in [0.5, 0.6) is 0 Å². The van der Waals surface area contributed by atoms with Crippen molar-refractivity contribution in [1.82, 2.24) is 24.8 Å². The van der Waals surface area contributed by atoms with Gasteiger partial charge in [0, 0.05) is 38.9 Å². The van der Waals surface area contributed by atoms with Crippen LogP contribution in [-0.4, -0.2) is 58.1 Å². The molecular formula is C19H25N5O3. The maximum Gasteiger partial charge on any atom is 0.256 e. The predicted molar refractivity (Wildman–Crippen MR) is 98.2 cm³/mol. The smallest absolute Gasteiger partial charge is 0.256 e. The van der Waals surface area contributed by atoms with Crippen LogP contribution < -0.4 is 5.32 Å². The van der Waals surface area contributed by atoms with Crippen LogP contribution in [0.1, 0.15) is 54.2 Å². The van der Waals surface area contributed by atoms with Gasteiger partial charge in [-0.1, -0.05) is 0 Å². The van der Waals surface area contributed by atoms with E-state index in [0.717, 1.165) is 44.3 Å². The summed E-state index contributed by atoms with van der Waals surface area (Å²) in [5.74, 6) is 0.0378. The lowest BCUT2D eigenvalue weighted by molar-refractivity contribution is -0.142. The lowest BCUT2D eigenvalue weighted by Gasteiger charge is -2.38. The zero-order chi connectivity index (χ0) is 18.8. The van der Waals surface area contributed by atoms with Crippen molar-refractivity contribution in [3.05, 3.63) is 29.7 Å². The van der Waals surface area contributed by atoms with E-state index >= 15 is 0 Å². The van der Waals surface area contributed by atoms with Crippen LogP contribution in [0.2, 0.25) is 0 Å². The second-order valence-electron chi connectivity index (χ2n) is 7.17. The first-order chi connectivity index (χ1) is 13.2. The number of hydrogen-bond acceptors (Lipinski definition) is 5. The Morgan fingerprint density at radius 2 is 2.04 bits per heavy atom. The van der Waals surface area contributed by atoms with E-state index < -0.39 is 0 Å². The van der Waals surface area contributed by atoms with Crippen LogP contribution in [0.3, 0.4) is 0 Å². The fraction of sp³-hybridized carbons (Fsp3) is 0.579. The predicted octanol–water partition coefficient (Wildman–Crippen LogP) is 1.57. The highest BCUT2D eigenvalue weighted by molar-refractivity contribution is 5.99. The summed E-state index contributed by atoms with van der Waals surface area (Å²) >= 11 is 0. The molecule has 2 amide bonds. The first kappa shape index (κ1) is 17.9. The molecule has 8 nitrogen and oxygen atoms in total. The number of fused-ring (bicyclic) bond motifs is 1. The van der Waals surface area contributed by atoms with Gasteiger partial charge in [-0.2, -0.15) is 5.10 Å². The number of carbonyl (C=O) groups excluding carboxylic acids is 2. The number of ether oxygens (including phenoxy) is 1. The number of nitrogens with one attached hydrogen (secondary N) is 1. The van der Waals surface area contributed by atoms with Gasteiger partial charge >= 0.3 is 0 Å². The zero-order valence-electron chi connectivity index (χ0n) is 15.6. The third kappa shape index (κ3) is 3.29. The van der Waals surface area contributed by atoms with Crippen molar-refractivity contribution in [3.63, 3.8) is 0 Å². The van der Waals surface area contributed by atoms with Gasteiger partial charge in [-0.3, -0.25) is 9.59 Å². The second-order valence-corrected chi connectivity index (χ2v) is 7.17. The van der Waals surface area contributed by atoms with Gasteiger partial charge in [-0.15, -0.1) is 0 Å². The Hall–Kier alpha value is -2.48. The largest absolute Gasteiger partial charge is 0.381 e. The number of rotatable bonds is 3. The van der Waals surface area contributed by atoms with Crippen molar-refractivity contribution in [1.29, 1.82) is 0 Å². The van der Waals surface area contributed by atoms with Gasteiger partial charge in [-0.25, -0.2) is 9.50 Å². The topological polar surface area (TPSA) is 88.8 Å². The molecule has 2 aliphatic rings. The Kier molecular flexibility index (Phi) is 5.07. The molecule has 1 N–H and O–H groups in total. The summed E-state index contributed by atoms with van der Waals surface area (Å²) in [6, 6.07) is 1.87. The molecule has 8 heteroatoms. The molecule has 2 aromatic rings. The molecule has 0 aliphatic carbocycles. The normalized spacial score (nSPS) is 21.4. The number of piperidine rings is 1. The number of likely N-dealkylation sites (tertiary alicyclic amines) is 1. The molecule has 2 aromatic heterocycles. The molecule has 4 rings (SSSR count). The first-order valence-corrected chi connectivity index (χ1v) is 9.63. The molecule has 0 aromatic carbocycles. The van der Waals surface area contributed by atoms with Gasteiger partial charge in [0.15, 0.2) is 5.65 Å². The van der Waals surface area contributed by atoms with Crippen LogP contribution in [0.15, 0.2) is 18.5 Å². The van der Waals surface area contributed by atoms with E-state index in [0.29, 0.717) is 24.4 Å². The molecule has 2 saturated heterocycles. The molecule has 4 heterocycles. The lowest BCUT2D eigenvalue weighted by Crippen LogP contribution is -2.43. The Morgan fingerprint density at radius 3 is 2.81 bits per heavy atom. The standard InChI is InChI=1S/C19H25N5O3/c1-20-18(25)14-12-22-24-16(5-8-21-17(14)24)15-4-2-3-9-23(15)19(26)13-6-10-27-11-7-13/h5,8,12-13,15H,2-4,6-7,9-11H2,1H3,(H,20,25)/t15-/m0/s1. The number of carbonyl (C=O) groups is 2. The highest BCUT2D eigenvalue weighted by Gasteiger charge is 2.34. The average molecular weight is 371 g/mol. The summed E-state index contributed by atoms with van der Waals surface area (Å²) in [6.45, 7) is 2.07. The molecule has 0 bridgehead atoms. The first-order valence-electron chi connectivity index (χ1n) is 9.63. The van der Waals surface area contributed by atoms with Crippen LogP contribution in [-0.2, 0) is 9.53 Å². The summed E-state index contributed by atoms with van der Waals surface area (Å²) in [4.78, 5) is 31.6. The van der Waals surface area contributed by atoms with E-state index in [1.165, 1.54) is 6.20 Å². The zero-order valence-corrected chi connectivity index (χ0v) is 15.6. The van der Waals surface area contributed by atoms with Gasteiger partial charge in [-0.05, 0) is 38.2 Å². The van der Waals surface area contributed by atoms with E-state index in [-0.39, 0.29) is 23.8 Å². The molecule has 1 atom stereocenters. The molecule has 27 heavy (non-hydrogen) atoms. The van der Waals surface area contributed by atoms with Crippen molar-refractivity contribution < 1.29 is 14.3 Å². The van der Waals surface area contributed by atoms with E-state index in [2.05, 4.69) is 15.4 Å². The second kappa shape index (κ2) is 7.64. The highest BCUT2D eigenvalue weighted by Crippen LogP contribution is 2.33. The minimum absolute atomic E-state index is 0.0377. The molecule has 2 fully saturated rings. The fourth-order valence-electron chi connectivity index (χ4n) is 4.14. The van der Waals surface area contributed by atoms with Gasteiger partial charge in [0.25, 0.3) is 5.91 Å². The van der Waals surface area contributed by atoms with Crippen molar-refractivity contribution in [2.45, 2.75) is 38.1 Å². The van der Waals surface area contributed by atoms with Crippen molar-refractivity contribution in [2.75, 3.05) is 26.8 Å². The minimum Gasteiger partial charge on any atom is -0.381 e. The third-order valence-corrected chi connectivity index (χ3v) is 5.60. The van der Waals surface area contributed by atoms with Gasteiger partial charge < -0.3 is 15.0 Å². The number of hydrogen-bond donors (Lipinski definition) is 1. The Morgan fingerprint density at radius 1 is 1.22 bits per heavy atom. The monoisotopic (exact) mass is 371 g/mol. The Bertz CT molecular complexity index is 843. The number of amides is 2. The van der Waals surface area contributed by atoms with Crippen LogP contribution >= 0.6 is 0 Å². The third-order valence-electron chi connectivity index (χ3n) is 5.60. The van der Waals surface area contributed by atoms with E-state index in [9.17, 15) is 9.59 Å². The van der Waals surface area contributed by atoms with Crippen LogP contribution in [0.4, 0.5) is 0 Å². The molecule has 0 spiro atoms. The number of aromatic nitrogens is 3. The molecule has 0 unspecified atom stereocenters. The summed E-state index contributed by atoms with van der Waals surface area (Å²) < 4.78 is 7.12. The summed E-state index contributed by atoms with van der Waals surface area (Å²) in [5, 5.41) is 7.02. The molecule has 144 valence electrons. The number of nitrogens with zero attached hydrogens (tertiary/aromatic N) is 4. The maximum absolute atomic E-state index is 13.2. The SMILES string of the molecule is CNC(=O)c1cnn2c([C@@H]3CCCCN3C(=O)C3CCOCC3)ccnc12. The van der Waals surface area contributed by atoms with E-state index in [1.807, 2.05) is 11.0 Å². The van der Waals surface area contributed by atoms with Crippen molar-refractivity contribution in [3.8, 4) is 0 Å². The summed E-state index contributed by atoms with van der Waals surface area (Å²) in [7, 11) is 1.59. The lowest BCUT2D eigenvalue weighted by atomic mass is 9.93. The molecule has 0 radical (unpaired) electrons. The van der Waals surface area contributed by atoms with E-state index in [4.69, 9.17) is 4.74 Å². The van der Waals surface area contributed by atoms with E-state index in [1.54, 1.807) is 17.8 Å². The van der Waals surface area contributed by atoms with Crippen molar-refractivity contribution >= 4 is 17.5 Å². The van der Waals surface area contributed by atoms with Gasteiger partial charge in [0.1, 0.15) is 5.56 Å². The average Bonchev–Trinajstić information content (AvgIpc) is 3.17. The maximum atomic E-state index is 13.2. The molecular weight excluding hydrogens is 346 g/mol. The van der Waals surface area contributed by atoms with Crippen LogP contribution in [0, 0.1) is 5.92 Å². The summed E-state index contributed by atoms with van der Waals surface area (Å²) in [5.41, 5.74) is 1.88. The van der Waals surface area contributed by atoms with Crippen molar-refractivity contribution in [2.24, 2.45) is 5.92 Å². The van der Waals surface area contributed by atoms with Crippen LogP contribution in [0.25, 0.3) is 5.65 Å². The Balaban J connectivity index is 1.68. The van der Waals surface area contributed by atoms with Gasteiger partial charge in [0.05, 0.1) is 17.9 Å². The molecule has 0 saturated carbocycles. The molecule has 2 aliphatic heterocycles. The Labute approximate surface area is 157 Å². The quantitative estimate of drug-likeness (QED) is 0.885. The minimum atomic E-state index is -0.214. The highest BCUT2D eigenvalue weighted by atomic mass is 16.5.